The van der Waals surface area contributed by atoms with Crippen molar-refractivity contribution in [3.05, 3.63) is 34.1 Å². The third kappa shape index (κ3) is 3.78. The first kappa shape index (κ1) is 15.1. The minimum atomic E-state index is -1.14. The van der Waals surface area contributed by atoms with Gasteiger partial charge in [0.15, 0.2) is 0 Å². The minimum absolute atomic E-state index is 0.387. The lowest BCUT2D eigenvalue weighted by molar-refractivity contribution is -0.146. The van der Waals surface area contributed by atoms with Gasteiger partial charge in [-0.3, -0.25) is 4.79 Å². The maximum Gasteiger partial charge on any atom is 0.309 e. The summed E-state index contributed by atoms with van der Waals surface area (Å²) in [5.41, 5.74) is 0.403. The van der Waals surface area contributed by atoms with E-state index in [0.29, 0.717) is 16.5 Å². The maximum atomic E-state index is 12.9. The molecule has 0 spiro atoms. The van der Waals surface area contributed by atoms with Gasteiger partial charge in [-0.15, -0.1) is 0 Å². The molecule has 3 nitrogen and oxygen atoms in total. The summed E-state index contributed by atoms with van der Waals surface area (Å²) in [5, 5.41) is 19.2. The van der Waals surface area contributed by atoms with E-state index in [2.05, 4.69) is 15.9 Å². The minimum Gasteiger partial charge on any atom is -0.481 e. The number of halogens is 2. The van der Waals surface area contributed by atoms with Gasteiger partial charge >= 0.3 is 5.97 Å². The molecule has 0 saturated heterocycles. The fraction of sp³-hybridized carbons (Fsp3) is 0.462. The predicted molar refractivity (Wildman–Crippen MR) is 69.7 cm³/mol. The number of carbonyl (C=O) groups is 1. The lowest BCUT2D eigenvalue weighted by atomic mass is 9.91. The second kappa shape index (κ2) is 6.85. The van der Waals surface area contributed by atoms with E-state index in [1.807, 2.05) is 6.92 Å². The van der Waals surface area contributed by atoms with E-state index >= 15 is 0 Å². The number of aliphatic hydroxyl groups is 1. The molecule has 0 heterocycles. The van der Waals surface area contributed by atoms with Crippen LogP contribution in [0.5, 0.6) is 0 Å². The Morgan fingerprint density at radius 1 is 1.50 bits per heavy atom. The Balaban J connectivity index is 2.94. The second-order valence-electron chi connectivity index (χ2n) is 4.20. The van der Waals surface area contributed by atoms with Gasteiger partial charge < -0.3 is 10.2 Å². The van der Waals surface area contributed by atoms with Crippen LogP contribution in [0.1, 0.15) is 37.9 Å². The average Bonchev–Trinajstić information content (AvgIpc) is 2.28. The molecule has 1 rings (SSSR count). The molecule has 0 aromatic heterocycles. The van der Waals surface area contributed by atoms with Crippen molar-refractivity contribution in [3.8, 4) is 0 Å². The zero-order valence-corrected chi connectivity index (χ0v) is 11.7. The van der Waals surface area contributed by atoms with Gasteiger partial charge in [0, 0.05) is 4.47 Å². The third-order valence-electron chi connectivity index (χ3n) is 2.85. The Bertz CT molecular complexity index is 423. The van der Waals surface area contributed by atoms with Crippen LogP contribution in [-0.2, 0) is 4.79 Å². The Kier molecular flexibility index (Phi) is 5.75. The fourth-order valence-electron chi connectivity index (χ4n) is 1.80. The van der Waals surface area contributed by atoms with Crippen LogP contribution < -0.4 is 0 Å². The number of hydrogen-bond acceptors (Lipinski definition) is 2. The highest BCUT2D eigenvalue weighted by Crippen LogP contribution is 2.32. The summed E-state index contributed by atoms with van der Waals surface area (Å²) in [6.07, 6.45) is 0.856. The van der Waals surface area contributed by atoms with Crippen LogP contribution >= 0.6 is 15.9 Å². The van der Waals surface area contributed by atoms with Gasteiger partial charge in [-0.05, 0) is 24.1 Å². The van der Waals surface area contributed by atoms with Gasteiger partial charge in [0.25, 0.3) is 0 Å². The third-order valence-corrected chi connectivity index (χ3v) is 3.53. The summed E-state index contributed by atoms with van der Waals surface area (Å²) >= 11 is 3.14. The summed E-state index contributed by atoms with van der Waals surface area (Å²) in [4.78, 5) is 11.1. The normalized spacial score (nSPS) is 14.2. The number of aliphatic carboxylic acids is 1. The first-order valence-corrected chi connectivity index (χ1v) is 6.62. The molecule has 1 aromatic carbocycles. The van der Waals surface area contributed by atoms with E-state index in [9.17, 15) is 14.3 Å². The first-order chi connectivity index (χ1) is 8.47. The van der Waals surface area contributed by atoms with Gasteiger partial charge in [-0.2, -0.15) is 0 Å². The highest BCUT2D eigenvalue weighted by molar-refractivity contribution is 9.10. The molecule has 5 heteroatoms. The van der Waals surface area contributed by atoms with Gasteiger partial charge in [0.1, 0.15) is 5.82 Å². The molecule has 2 atom stereocenters. The van der Waals surface area contributed by atoms with Crippen LogP contribution in [-0.4, -0.2) is 16.2 Å². The molecule has 1 aromatic rings. The van der Waals surface area contributed by atoms with Crippen molar-refractivity contribution in [3.63, 3.8) is 0 Å². The van der Waals surface area contributed by atoms with Gasteiger partial charge in [-0.25, -0.2) is 4.39 Å². The van der Waals surface area contributed by atoms with Crippen LogP contribution in [0, 0.1) is 11.7 Å². The number of hydrogen-bond donors (Lipinski definition) is 2. The Hall–Kier alpha value is -0.940. The maximum absolute atomic E-state index is 12.9. The van der Waals surface area contributed by atoms with E-state index in [0.717, 1.165) is 12.8 Å². The van der Waals surface area contributed by atoms with Crippen molar-refractivity contribution >= 4 is 21.9 Å². The van der Waals surface area contributed by atoms with Crippen molar-refractivity contribution in [2.45, 2.75) is 32.3 Å². The molecule has 0 aliphatic heterocycles. The van der Waals surface area contributed by atoms with E-state index in [4.69, 9.17) is 5.11 Å². The lowest BCUT2D eigenvalue weighted by Crippen LogP contribution is -2.22. The van der Waals surface area contributed by atoms with Gasteiger partial charge in [0.2, 0.25) is 0 Å². The molecular weight excluding hydrogens is 303 g/mol. The quantitative estimate of drug-likeness (QED) is 0.843. The number of benzene rings is 1. The van der Waals surface area contributed by atoms with Crippen molar-refractivity contribution < 1.29 is 19.4 Å². The Labute approximate surface area is 114 Å². The Morgan fingerprint density at radius 2 is 2.17 bits per heavy atom. The van der Waals surface area contributed by atoms with Crippen LogP contribution in [0.4, 0.5) is 4.39 Å². The zero-order chi connectivity index (χ0) is 13.7. The molecule has 0 bridgehead atoms. The number of unbranched alkanes of at least 4 members (excludes halogenated alkanes) is 1. The van der Waals surface area contributed by atoms with Gasteiger partial charge in [-0.1, -0.05) is 41.8 Å². The van der Waals surface area contributed by atoms with Crippen molar-refractivity contribution in [2.24, 2.45) is 5.92 Å². The van der Waals surface area contributed by atoms with Gasteiger partial charge in [0.05, 0.1) is 12.0 Å². The monoisotopic (exact) mass is 318 g/mol. The Morgan fingerprint density at radius 3 is 2.67 bits per heavy atom. The molecule has 0 aliphatic rings. The molecule has 18 heavy (non-hydrogen) atoms. The van der Waals surface area contributed by atoms with E-state index in [1.54, 1.807) is 0 Å². The van der Waals surface area contributed by atoms with E-state index in [1.165, 1.54) is 18.2 Å². The lowest BCUT2D eigenvalue weighted by Gasteiger charge is -2.20. The largest absolute Gasteiger partial charge is 0.481 e. The first-order valence-electron chi connectivity index (χ1n) is 5.83. The topological polar surface area (TPSA) is 57.5 Å². The van der Waals surface area contributed by atoms with Crippen LogP contribution in [0.25, 0.3) is 0 Å². The predicted octanol–water partition coefficient (Wildman–Crippen LogP) is 3.51. The molecule has 0 amide bonds. The van der Waals surface area contributed by atoms with Crippen molar-refractivity contribution in [1.82, 2.24) is 0 Å². The smallest absolute Gasteiger partial charge is 0.309 e. The number of carboxylic acid groups (broad SMARTS) is 1. The molecule has 0 radical (unpaired) electrons. The highest BCUT2D eigenvalue weighted by Gasteiger charge is 2.28. The second-order valence-corrected chi connectivity index (χ2v) is 5.05. The fourth-order valence-corrected chi connectivity index (χ4v) is 2.38. The molecule has 0 saturated carbocycles. The number of rotatable bonds is 6. The SMILES string of the molecule is CCCCC(C(=O)O)C(O)c1ccc(F)cc1Br. The molecule has 100 valence electrons. The summed E-state index contributed by atoms with van der Waals surface area (Å²) in [7, 11) is 0. The van der Waals surface area contributed by atoms with Crippen LogP contribution in [0.15, 0.2) is 22.7 Å². The average molecular weight is 319 g/mol. The summed E-state index contributed by atoms with van der Waals surface area (Å²) in [6, 6.07) is 3.84. The molecular formula is C13H16BrFO3. The molecule has 2 unspecified atom stereocenters. The number of aliphatic hydroxyl groups excluding tert-OH is 1. The standard InChI is InChI=1S/C13H16BrFO3/c1-2-3-4-10(13(17)18)12(16)9-6-5-8(15)7-11(9)14/h5-7,10,12,16H,2-4H2,1H3,(H,17,18). The van der Waals surface area contributed by atoms with Crippen molar-refractivity contribution in [2.75, 3.05) is 0 Å². The van der Waals surface area contributed by atoms with Crippen LogP contribution in [0.3, 0.4) is 0 Å². The van der Waals surface area contributed by atoms with Crippen molar-refractivity contribution in [1.29, 1.82) is 0 Å². The molecule has 2 N–H and O–H groups in total. The van der Waals surface area contributed by atoms with E-state index < -0.39 is 23.8 Å². The zero-order valence-electron chi connectivity index (χ0n) is 10.1. The van der Waals surface area contributed by atoms with Crippen LogP contribution in [0.2, 0.25) is 0 Å². The highest BCUT2D eigenvalue weighted by atomic mass is 79.9. The summed E-state index contributed by atoms with van der Waals surface area (Å²) in [6.45, 7) is 1.96. The number of carboxylic acids is 1. The summed E-state index contributed by atoms with van der Waals surface area (Å²) in [5.74, 6) is -2.34. The molecule has 0 aliphatic carbocycles. The van der Waals surface area contributed by atoms with E-state index in [-0.39, 0.29) is 0 Å². The summed E-state index contributed by atoms with van der Waals surface area (Å²) < 4.78 is 13.3. The molecule has 0 fully saturated rings.